The molecule has 8 nitrogen and oxygen atoms in total. The van der Waals surface area contributed by atoms with Crippen LogP contribution in [-0.4, -0.2) is 59.9 Å². The third-order valence-electron chi connectivity index (χ3n) is 7.88. The highest BCUT2D eigenvalue weighted by Crippen LogP contribution is 2.46. The number of rotatable bonds is 8. The first kappa shape index (κ1) is 32.6. The lowest BCUT2D eigenvalue weighted by Gasteiger charge is -2.38. The summed E-state index contributed by atoms with van der Waals surface area (Å²) in [6.45, 7) is 2.57. The summed E-state index contributed by atoms with van der Waals surface area (Å²) in [5.74, 6) is -0.317. The van der Waals surface area contributed by atoms with Gasteiger partial charge in [0.15, 0.2) is 0 Å². The SMILES string of the molecule is CCOc1cc(C(F)(F)F)ccc1C1=NC(c2ccc(Cl)cc2)C(c2ccc(Cl)cc2)N1C(=O)N1CCC(NCC(N)=O)CC1. The molecule has 2 heterocycles. The van der Waals surface area contributed by atoms with E-state index in [2.05, 4.69) is 5.32 Å². The average Bonchev–Trinajstić information content (AvgIpc) is 3.40. The number of benzene rings is 3. The van der Waals surface area contributed by atoms with Crippen molar-refractivity contribution in [1.29, 1.82) is 0 Å². The van der Waals surface area contributed by atoms with Crippen LogP contribution in [0.25, 0.3) is 0 Å². The predicted molar refractivity (Wildman–Crippen MR) is 167 cm³/mol. The van der Waals surface area contributed by atoms with Crippen molar-refractivity contribution < 1.29 is 27.5 Å². The second-order valence-corrected chi connectivity index (χ2v) is 11.7. The normalized spacial score (nSPS) is 19.0. The molecule has 0 aliphatic carbocycles. The molecule has 0 aromatic heterocycles. The number of ether oxygens (including phenoxy) is 1. The predicted octanol–water partition coefficient (Wildman–Crippen LogP) is 6.62. The molecule has 5 rings (SSSR count). The molecule has 2 aliphatic rings. The van der Waals surface area contributed by atoms with E-state index in [1.165, 1.54) is 6.07 Å². The summed E-state index contributed by atoms with van der Waals surface area (Å²) in [5.41, 5.74) is 6.15. The number of primary amides is 1. The number of piperidine rings is 1. The van der Waals surface area contributed by atoms with Gasteiger partial charge in [-0.1, -0.05) is 47.5 Å². The van der Waals surface area contributed by atoms with Crippen LogP contribution < -0.4 is 15.8 Å². The van der Waals surface area contributed by atoms with Crippen LogP contribution in [0.1, 0.15) is 54.1 Å². The number of aliphatic imine (C=N–C) groups is 1. The maximum Gasteiger partial charge on any atom is 0.416 e. The van der Waals surface area contributed by atoms with Crippen LogP contribution in [0.4, 0.5) is 18.0 Å². The zero-order chi connectivity index (χ0) is 32.3. The Morgan fingerprint density at radius 2 is 1.58 bits per heavy atom. The van der Waals surface area contributed by atoms with Gasteiger partial charge in [0, 0.05) is 29.2 Å². The number of alkyl halides is 3. The van der Waals surface area contributed by atoms with Gasteiger partial charge in [-0.05, 0) is 73.4 Å². The number of nitrogens with two attached hydrogens (primary N) is 1. The number of hydrogen-bond acceptors (Lipinski definition) is 5. The minimum Gasteiger partial charge on any atom is -0.493 e. The molecular formula is C32H32Cl2F3N5O3. The summed E-state index contributed by atoms with van der Waals surface area (Å²) in [6, 6.07) is 15.7. The number of carbonyl (C=O) groups excluding carboxylic acids is 2. The molecule has 2 atom stereocenters. The molecule has 2 unspecified atom stereocenters. The Balaban J connectivity index is 1.61. The largest absolute Gasteiger partial charge is 0.493 e. The Kier molecular flexibility index (Phi) is 9.91. The molecule has 3 aromatic rings. The van der Waals surface area contributed by atoms with Gasteiger partial charge in [0.2, 0.25) is 5.91 Å². The molecule has 0 spiro atoms. The van der Waals surface area contributed by atoms with Crippen molar-refractivity contribution >= 4 is 41.0 Å². The maximum atomic E-state index is 14.5. The van der Waals surface area contributed by atoms with Gasteiger partial charge < -0.3 is 20.7 Å². The molecule has 3 aromatic carbocycles. The number of nitrogens with zero attached hydrogens (tertiary/aromatic N) is 3. The summed E-state index contributed by atoms with van der Waals surface area (Å²) in [7, 11) is 0. The molecule has 13 heteroatoms. The summed E-state index contributed by atoms with van der Waals surface area (Å²) in [4.78, 5) is 34.1. The monoisotopic (exact) mass is 661 g/mol. The van der Waals surface area contributed by atoms with Crippen LogP contribution in [0.15, 0.2) is 71.7 Å². The minimum absolute atomic E-state index is 0.00149. The number of nitrogens with one attached hydrogen (secondary N) is 1. The van der Waals surface area contributed by atoms with E-state index in [4.69, 9.17) is 38.7 Å². The first-order valence-electron chi connectivity index (χ1n) is 14.5. The summed E-state index contributed by atoms with van der Waals surface area (Å²) in [6.07, 6.45) is -3.44. The number of urea groups is 1. The topological polar surface area (TPSA) is 100 Å². The molecule has 45 heavy (non-hydrogen) atoms. The quantitative estimate of drug-likeness (QED) is 0.284. The van der Waals surface area contributed by atoms with E-state index < -0.39 is 29.7 Å². The second-order valence-electron chi connectivity index (χ2n) is 10.8. The van der Waals surface area contributed by atoms with Crippen molar-refractivity contribution in [3.8, 4) is 5.75 Å². The summed E-state index contributed by atoms with van der Waals surface area (Å²) in [5, 5.41) is 4.14. The zero-order valence-electron chi connectivity index (χ0n) is 24.4. The molecule has 3 amide bonds. The van der Waals surface area contributed by atoms with E-state index in [0.29, 0.717) is 36.0 Å². The number of amides is 3. The van der Waals surface area contributed by atoms with Crippen molar-refractivity contribution in [2.45, 2.75) is 44.1 Å². The average molecular weight is 663 g/mol. The summed E-state index contributed by atoms with van der Waals surface area (Å²) >= 11 is 12.4. The Morgan fingerprint density at radius 3 is 2.13 bits per heavy atom. The van der Waals surface area contributed by atoms with E-state index in [-0.39, 0.29) is 42.4 Å². The Labute approximate surface area is 268 Å². The zero-order valence-corrected chi connectivity index (χ0v) is 25.9. The summed E-state index contributed by atoms with van der Waals surface area (Å²) < 4.78 is 46.9. The van der Waals surface area contributed by atoms with Crippen molar-refractivity contribution in [3.63, 3.8) is 0 Å². The molecule has 0 saturated carbocycles. The van der Waals surface area contributed by atoms with E-state index in [0.717, 1.165) is 23.3 Å². The van der Waals surface area contributed by atoms with Crippen molar-refractivity contribution in [3.05, 3.63) is 99.0 Å². The van der Waals surface area contributed by atoms with Crippen LogP contribution >= 0.6 is 23.2 Å². The van der Waals surface area contributed by atoms with Gasteiger partial charge in [-0.3, -0.25) is 14.7 Å². The Hall–Kier alpha value is -3.80. The van der Waals surface area contributed by atoms with E-state index in [1.807, 2.05) is 24.3 Å². The van der Waals surface area contributed by atoms with Crippen LogP contribution in [0, 0.1) is 0 Å². The van der Waals surface area contributed by atoms with Gasteiger partial charge >= 0.3 is 12.2 Å². The van der Waals surface area contributed by atoms with Crippen molar-refractivity contribution in [2.75, 3.05) is 26.2 Å². The third-order valence-corrected chi connectivity index (χ3v) is 8.38. The molecule has 3 N–H and O–H groups in total. The standard InChI is InChI=1S/C32H32Cl2F3N5O3/c1-2-45-26-17-21(32(35,36)37)7-12-25(26)30-40-28(19-3-8-22(33)9-4-19)29(20-5-10-23(34)11-6-20)42(30)31(44)41-15-13-24(14-16-41)39-18-27(38)43/h3-12,17,24,28-29,39H,2,13-16,18H2,1H3,(H2,38,43). The minimum atomic E-state index is -4.60. The van der Waals surface area contributed by atoms with E-state index in [1.54, 1.807) is 41.0 Å². The number of hydrogen-bond donors (Lipinski definition) is 2. The molecule has 0 radical (unpaired) electrons. The molecular weight excluding hydrogens is 630 g/mol. The Bertz CT molecular complexity index is 1560. The van der Waals surface area contributed by atoms with Gasteiger partial charge in [-0.25, -0.2) is 4.79 Å². The van der Waals surface area contributed by atoms with Crippen molar-refractivity contribution in [1.82, 2.24) is 15.1 Å². The van der Waals surface area contributed by atoms with Gasteiger partial charge in [-0.2, -0.15) is 13.2 Å². The third kappa shape index (κ3) is 7.37. The van der Waals surface area contributed by atoms with Gasteiger partial charge in [0.25, 0.3) is 0 Å². The molecule has 1 saturated heterocycles. The second kappa shape index (κ2) is 13.7. The number of carbonyl (C=O) groups is 2. The van der Waals surface area contributed by atoms with Crippen LogP contribution in [-0.2, 0) is 11.0 Å². The van der Waals surface area contributed by atoms with Crippen LogP contribution in [0.3, 0.4) is 0 Å². The fourth-order valence-electron chi connectivity index (χ4n) is 5.68. The first-order valence-corrected chi connectivity index (χ1v) is 15.2. The van der Waals surface area contributed by atoms with E-state index >= 15 is 0 Å². The molecule has 238 valence electrons. The number of likely N-dealkylation sites (tertiary alicyclic amines) is 1. The lowest BCUT2D eigenvalue weighted by Crippen LogP contribution is -2.52. The fraction of sp³-hybridized carbons (Fsp3) is 0.344. The fourth-order valence-corrected chi connectivity index (χ4v) is 5.94. The van der Waals surface area contributed by atoms with Gasteiger partial charge in [0.05, 0.1) is 30.3 Å². The highest BCUT2D eigenvalue weighted by atomic mass is 35.5. The van der Waals surface area contributed by atoms with Crippen molar-refractivity contribution in [2.24, 2.45) is 10.7 Å². The number of amidine groups is 1. The lowest BCUT2D eigenvalue weighted by atomic mass is 9.93. The smallest absolute Gasteiger partial charge is 0.416 e. The highest BCUT2D eigenvalue weighted by molar-refractivity contribution is 6.30. The molecule has 1 fully saturated rings. The van der Waals surface area contributed by atoms with Crippen LogP contribution in [0.5, 0.6) is 5.75 Å². The van der Waals surface area contributed by atoms with Gasteiger partial charge in [0.1, 0.15) is 17.6 Å². The Morgan fingerprint density at radius 1 is 0.978 bits per heavy atom. The first-order chi connectivity index (χ1) is 21.5. The number of halogens is 5. The highest BCUT2D eigenvalue weighted by Gasteiger charge is 2.45. The molecule has 0 bridgehead atoms. The lowest BCUT2D eigenvalue weighted by molar-refractivity contribution is -0.137. The molecule has 2 aliphatic heterocycles. The maximum absolute atomic E-state index is 14.5. The van der Waals surface area contributed by atoms with E-state index in [9.17, 15) is 22.8 Å². The van der Waals surface area contributed by atoms with Crippen LogP contribution in [0.2, 0.25) is 10.0 Å². The van der Waals surface area contributed by atoms with Gasteiger partial charge in [-0.15, -0.1) is 0 Å².